The Balaban J connectivity index is 1.62. The lowest BCUT2D eigenvalue weighted by Crippen LogP contribution is -2.45. The number of ether oxygens (including phenoxy) is 1. The van der Waals surface area contributed by atoms with E-state index in [0.29, 0.717) is 40.6 Å². The highest BCUT2D eigenvalue weighted by atomic mass is 35.5. The third-order valence-electron chi connectivity index (χ3n) is 8.12. The third kappa shape index (κ3) is 5.45. The first-order chi connectivity index (χ1) is 19.8. The fraction of sp³-hybridized carbons (Fsp3) is 0.344. The van der Waals surface area contributed by atoms with Gasteiger partial charge in [0.2, 0.25) is 11.8 Å². The number of hydrogen-bond acceptors (Lipinski definition) is 4. The summed E-state index contributed by atoms with van der Waals surface area (Å²) in [6.45, 7) is 5.73. The molecule has 2 amide bonds. The van der Waals surface area contributed by atoms with Crippen molar-refractivity contribution >= 4 is 52.4 Å². The van der Waals surface area contributed by atoms with E-state index in [1.54, 1.807) is 54.6 Å². The first kappa shape index (κ1) is 29.9. The van der Waals surface area contributed by atoms with Crippen LogP contribution in [0, 0.1) is 23.1 Å². The zero-order chi connectivity index (χ0) is 30.4. The summed E-state index contributed by atoms with van der Waals surface area (Å²) in [6, 6.07) is 16.2. The van der Waals surface area contributed by atoms with E-state index in [4.69, 9.17) is 33.0 Å². The molecule has 3 aromatic rings. The number of carbonyl (C=O) groups excluding carboxylic acids is 2. The number of hydrogen-bond donors (Lipinski definition) is 3. The monoisotopic (exact) mass is 612 g/mol. The highest BCUT2D eigenvalue weighted by Gasteiger charge is 2.66. The molecule has 3 aromatic carbocycles. The van der Waals surface area contributed by atoms with Crippen LogP contribution in [-0.2, 0) is 19.8 Å². The minimum absolute atomic E-state index is 0.0900. The van der Waals surface area contributed by atoms with E-state index in [1.807, 2.05) is 0 Å². The van der Waals surface area contributed by atoms with Gasteiger partial charge in [0.15, 0.2) is 6.61 Å². The predicted octanol–water partition coefficient (Wildman–Crippen LogP) is 7.28. The van der Waals surface area contributed by atoms with E-state index in [9.17, 15) is 14.4 Å². The van der Waals surface area contributed by atoms with Gasteiger partial charge >= 0.3 is 5.97 Å². The number of benzene rings is 3. The van der Waals surface area contributed by atoms with Crippen molar-refractivity contribution in [1.29, 1.82) is 0 Å². The maximum atomic E-state index is 15.9. The zero-order valence-electron chi connectivity index (χ0n) is 23.3. The smallest absolute Gasteiger partial charge is 0.341 e. The van der Waals surface area contributed by atoms with Crippen molar-refractivity contribution in [1.82, 2.24) is 0 Å². The lowest BCUT2D eigenvalue weighted by atomic mass is 9.62. The van der Waals surface area contributed by atoms with Crippen molar-refractivity contribution in [2.24, 2.45) is 17.3 Å². The number of anilines is 2. The normalized spacial score (nSPS) is 23.0. The zero-order valence-corrected chi connectivity index (χ0v) is 24.9. The van der Waals surface area contributed by atoms with Crippen molar-refractivity contribution < 1.29 is 28.6 Å². The van der Waals surface area contributed by atoms with Crippen molar-refractivity contribution in [3.05, 3.63) is 87.7 Å². The molecule has 1 spiro atoms. The number of rotatable bonds is 7. The molecule has 1 saturated carbocycles. The molecule has 1 aliphatic heterocycles. The van der Waals surface area contributed by atoms with Gasteiger partial charge in [-0.15, -0.1) is 0 Å². The third-order valence-corrected chi connectivity index (χ3v) is 8.65. The first-order valence-corrected chi connectivity index (χ1v) is 14.4. The van der Waals surface area contributed by atoms with Gasteiger partial charge in [-0.25, -0.2) is 9.18 Å². The Morgan fingerprint density at radius 2 is 1.83 bits per heavy atom. The van der Waals surface area contributed by atoms with Gasteiger partial charge in [0.25, 0.3) is 0 Å². The molecule has 1 heterocycles. The van der Waals surface area contributed by atoms with E-state index >= 15 is 4.39 Å². The Morgan fingerprint density at radius 3 is 2.50 bits per heavy atom. The maximum Gasteiger partial charge on any atom is 0.341 e. The Hall–Kier alpha value is -3.62. The van der Waals surface area contributed by atoms with Gasteiger partial charge in [0, 0.05) is 28.2 Å². The van der Waals surface area contributed by atoms with E-state index in [2.05, 4.69) is 31.4 Å². The van der Waals surface area contributed by atoms with Crippen LogP contribution in [-0.4, -0.2) is 29.5 Å². The van der Waals surface area contributed by atoms with Gasteiger partial charge in [-0.2, -0.15) is 0 Å². The van der Waals surface area contributed by atoms with Gasteiger partial charge in [-0.3, -0.25) is 9.59 Å². The van der Waals surface area contributed by atoms with Crippen molar-refractivity contribution in [3.63, 3.8) is 0 Å². The molecular weight excluding hydrogens is 582 g/mol. The molecule has 42 heavy (non-hydrogen) atoms. The van der Waals surface area contributed by atoms with Gasteiger partial charge < -0.3 is 20.5 Å². The number of aliphatic carboxylic acids is 1. The van der Waals surface area contributed by atoms with Gasteiger partial charge in [0.05, 0.1) is 10.4 Å². The van der Waals surface area contributed by atoms with Crippen molar-refractivity contribution in [3.8, 4) is 5.75 Å². The SMILES string of the molecule is CC(C)(C)C[C@@H]1C[C@@H](C(=O)Nc2ccc(OCC(=O)O)cc2)[C@H](c2cccc(Cl)c2F)[C@]12C(=O)Nc1cc(Cl)ccc12. The summed E-state index contributed by atoms with van der Waals surface area (Å²) >= 11 is 12.6. The van der Waals surface area contributed by atoms with Crippen molar-refractivity contribution in [2.45, 2.75) is 44.9 Å². The number of nitrogens with one attached hydrogen (secondary N) is 2. The minimum atomic E-state index is -1.25. The standard InChI is InChI=1S/C32H31Cl2FN2O5/c1-31(2,3)15-17-13-22(29(40)36-19-8-10-20(11-9-19)42-16-26(38)39)27(21-5-4-6-24(34)28(21)35)32(17)23-12-7-18(33)14-25(23)37-30(32)41/h4-12,14,17,22,27H,13,15-16H2,1-3H3,(H,36,40)(H,37,41)(H,38,39)/t17-,22+,27-,32-/m0/s1. The average molecular weight is 614 g/mol. The lowest BCUT2D eigenvalue weighted by Gasteiger charge is -2.39. The molecule has 4 atom stereocenters. The lowest BCUT2D eigenvalue weighted by molar-refractivity contribution is -0.139. The van der Waals surface area contributed by atoms with Gasteiger partial charge in [-0.1, -0.05) is 62.2 Å². The second-order valence-electron chi connectivity index (χ2n) is 12.1. The average Bonchev–Trinajstić information content (AvgIpc) is 3.38. The molecule has 5 rings (SSSR count). The second kappa shape index (κ2) is 11.2. The van der Waals surface area contributed by atoms with E-state index in [-0.39, 0.29) is 33.7 Å². The quantitative estimate of drug-likeness (QED) is 0.260. The Kier molecular flexibility index (Phi) is 7.98. The molecule has 0 radical (unpaired) electrons. The molecule has 0 saturated heterocycles. The van der Waals surface area contributed by atoms with Crippen LogP contribution in [0.2, 0.25) is 10.0 Å². The summed E-state index contributed by atoms with van der Waals surface area (Å²) in [5.74, 6) is -4.08. The topological polar surface area (TPSA) is 105 Å². The highest BCUT2D eigenvalue weighted by molar-refractivity contribution is 6.31. The Labute approximate surface area is 253 Å². The van der Waals surface area contributed by atoms with Crippen LogP contribution in [0.3, 0.4) is 0 Å². The molecule has 0 bridgehead atoms. The number of carboxylic acid groups (broad SMARTS) is 1. The van der Waals surface area contributed by atoms with E-state index in [1.165, 1.54) is 6.07 Å². The second-order valence-corrected chi connectivity index (χ2v) is 13.0. The van der Waals surface area contributed by atoms with E-state index in [0.717, 1.165) is 0 Å². The predicted molar refractivity (Wildman–Crippen MR) is 160 cm³/mol. The number of halogens is 3. The molecular formula is C32H31Cl2FN2O5. The first-order valence-electron chi connectivity index (χ1n) is 13.6. The number of amides is 2. The summed E-state index contributed by atoms with van der Waals surface area (Å²) in [6.07, 6.45) is 0.926. The summed E-state index contributed by atoms with van der Waals surface area (Å²) in [5, 5.41) is 15.1. The summed E-state index contributed by atoms with van der Waals surface area (Å²) < 4.78 is 21.1. The molecule has 10 heteroatoms. The summed E-state index contributed by atoms with van der Waals surface area (Å²) in [4.78, 5) is 39.1. The largest absolute Gasteiger partial charge is 0.482 e. The molecule has 1 aliphatic carbocycles. The van der Waals surface area contributed by atoms with Crippen LogP contribution in [0.4, 0.5) is 15.8 Å². The number of fused-ring (bicyclic) bond motifs is 2. The number of carbonyl (C=O) groups is 3. The van der Waals surface area contributed by atoms with Crippen LogP contribution >= 0.6 is 23.2 Å². The molecule has 2 aliphatic rings. The van der Waals surface area contributed by atoms with Crippen molar-refractivity contribution in [2.75, 3.05) is 17.2 Å². The summed E-state index contributed by atoms with van der Waals surface area (Å²) in [7, 11) is 0. The molecule has 0 unspecified atom stereocenters. The maximum absolute atomic E-state index is 15.9. The fourth-order valence-corrected chi connectivity index (χ4v) is 7.08. The van der Waals surface area contributed by atoms with Crippen LogP contribution in [0.5, 0.6) is 5.75 Å². The fourth-order valence-electron chi connectivity index (χ4n) is 6.72. The van der Waals surface area contributed by atoms with Crippen LogP contribution in [0.1, 0.15) is 50.7 Å². The van der Waals surface area contributed by atoms with Gasteiger partial charge in [-0.05, 0) is 77.8 Å². The molecule has 3 N–H and O–H groups in total. The molecule has 0 aromatic heterocycles. The van der Waals surface area contributed by atoms with Crippen LogP contribution in [0.15, 0.2) is 60.7 Å². The van der Waals surface area contributed by atoms with E-state index < -0.39 is 35.6 Å². The molecule has 1 fully saturated rings. The van der Waals surface area contributed by atoms with Gasteiger partial charge in [0.1, 0.15) is 11.6 Å². The Morgan fingerprint density at radius 1 is 1.12 bits per heavy atom. The molecule has 7 nitrogen and oxygen atoms in total. The summed E-state index contributed by atoms with van der Waals surface area (Å²) in [5.41, 5.74) is 0.429. The Bertz CT molecular complexity index is 1560. The molecule has 220 valence electrons. The van der Waals surface area contributed by atoms with Crippen LogP contribution in [0.25, 0.3) is 0 Å². The minimum Gasteiger partial charge on any atom is -0.482 e. The van der Waals surface area contributed by atoms with Crippen LogP contribution < -0.4 is 15.4 Å². The highest BCUT2D eigenvalue weighted by Crippen LogP contribution is 2.64. The number of carboxylic acids is 1.